The lowest BCUT2D eigenvalue weighted by Gasteiger charge is -2.23. The Balaban J connectivity index is 2.00. The molecule has 1 atom stereocenters. The van der Waals surface area contributed by atoms with Gasteiger partial charge in [-0.05, 0) is 26.7 Å². The third kappa shape index (κ3) is 5.43. The molecule has 134 valence electrons. The van der Waals surface area contributed by atoms with E-state index in [1.54, 1.807) is 0 Å². The molecule has 0 aromatic carbocycles. The predicted octanol–water partition coefficient (Wildman–Crippen LogP) is 1.36. The van der Waals surface area contributed by atoms with Crippen LogP contribution < -0.4 is 16.0 Å². The molecule has 0 radical (unpaired) electrons. The molecule has 0 aliphatic carbocycles. The first-order valence-electron chi connectivity index (χ1n) is 8.01. The van der Waals surface area contributed by atoms with Crippen LogP contribution in [0.2, 0.25) is 0 Å². The number of aromatic nitrogens is 1. The molecule has 9 heteroatoms. The summed E-state index contributed by atoms with van der Waals surface area (Å²) in [6.07, 6.45) is 3.35. The summed E-state index contributed by atoms with van der Waals surface area (Å²) in [7, 11) is 0. The Bertz CT molecular complexity index is 557. The number of carbonyl (C=O) groups excluding carboxylic acids is 2. The van der Waals surface area contributed by atoms with E-state index in [4.69, 9.17) is 15.2 Å². The number of ether oxygens (including phenoxy) is 2. The Hall–Kier alpha value is -1.71. The number of amides is 3. The van der Waals surface area contributed by atoms with Crippen LogP contribution in [0, 0.1) is 0 Å². The largest absolute Gasteiger partial charge is 0.377 e. The summed E-state index contributed by atoms with van der Waals surface area (Å²) in [5.41, 5.74) is 5.26. The molecule has 2 rings (SSSR count). The maximum absolute atomic E-state index is 12.5. The average Bonchev–Trinajstić information content (AvgIpc) is 3.19. The van der Waals surface area contributed by atoms with Crippen LogP contribution in [0.25, 0.3) is 0 Å². The van der Waals surface area contributed by atoms with Gasteiger partial charge >= 0.3 is 6.03 Å². The smallest absolute Gasteiger partial charge is 0.323 e. The Morgan fingerprint density at radius 2 is 2.38 bits per heavy atom. The van der Waals surface area contributed by atoms with E-state index in [1.807, 2.05) is 13.8 Å². The van der Waals surface area contributed by atoms with Gasteiger partial charge in [0.2, 0.25) is 0 Å². The van der Waals surface area contributed by atoms with Crippen LogP contribution in [0.3, 0.4) is 0 Å². The normalized spacial score (nSPS) is 17.2. The van der Waals surface area contributed by atoms with E-state index in [-0.39, 0.29) is 18.2 Å². The van der Waals surface area contributed by atoms with Crippen LogP contribution in [-0.4, -0.2) is 55.4 Å². The van der Waals surface area contributed by atoms with Gasteiger partial charge in [-0.2, -0.15) is 0 Å². The van der Waals surface area contributed by atoms with Crippen molar-refractivity contribution in [1.29, 1.82) is 0 Å². The molecule has 3 amide bonds. The third-order valence-corrected chi connectivity index (χ3v) is 4.49. The molecular weight excluding hydrogens is 332 g/mol. The fraction of sp³-hybridized carbons (Fsp3) is 0.667. The van der Waals surface area contributed by atoms with Crippen molar-refractivity contribution in [2.24, 2.45) is 5.73 Å². The maximum Gasteiger partial charge on any atom is 0.323 e. The number of nitrogens with zero attached hydrogens (tertiary/aromatic N) is 2. The summed E-state index contributed by atoms with van der Waals surface area (Å²) >= 11 is 1.10. The molecule has 1 aromatic heterocycles. The van der Waals surface area contributed by atoms with Gasteiger partial charge in [0.25, 0.3) is 5.91 Å². The lowest BCUT2D eigenvalue weighted by atomic mass is 10.2. The van der Waals surface area contributed by atoms with Gasteiger partial charge in [0, 0.05) is 13.2 Å². The van der Waals surface area contributed by atoms with Crippen molar-refractivity contribution in [3.05, 3.63) is 11.1 Å². The number of anilines is 1. The Morgan fingerprint density at radius 1 is 1.58 bits per heavy atom. The molecule has 1 aliphatic rings. The lowest BCUT2D eigenvalue weighted by Crippen LogP contribution is -2.45. The van der Waals surface area contributed by atoms with Crippen LogP contribution in [0.15, 0.2) is 6.20 Å². The van der Waals surface area contributed by atoms with Gasteiger partial charge in [-0.3, -0.25) is 9.69 Å². The van der Waals surface area contributed by atoms with Crippen molar-refractivity contribution in [3.63, 3.8) is 0 Å². The summed E-state index contributed by atoms with van der Waals surface area (Å²) in [6.45, 7) is 5.79. The monoisotopic (exact) mass is 356 g/mol. The quantitative estimate of drug-likeness (QED) is 0.684. The number of hydrogen-bond donors (Lipinski definition) is 2. The number of primary amides is 1. The second-order valence-electron chi connectivity index (χ2n) is 5.77. The minimum absolute atomic E-state index is 0.0245. The highest BCUT2D eigenvalue weighted by atomic mass is 32.1. The minimum Gasteiger partial charge on any atom is -0.377 e. The average molecular weight is 356 g/mol. The number of carbonyl (C=O) groups is 2. The van der Waals surface area contributed by atoms with Crippen molar-refractivity contribution in [3.8, 4) is 0 Å². The van der Waals surface area contributed by atoms with Gasteiger partial charge in [-0.15, -0.1) is 0 Å². The number of hydrogen-bond acceptors (Lipinski definition) is 6. The molecule has 3 N–H and O–H groups in total. The van der Waals surface area contributed by atoms with Crippen molar-refractivity contribution >= 4 is 28.4 Å². The molecule has 1 saturated heterocycles. The molecule has 0 saturated carbocycles. The Morgan fingerprint density at radius 3 is 2.96 bits per heavy atom. The second-order valence-corrected chi connectivity index (χ2v) is 6.78. The highest BCUT2D eigenvalue weighted by Gasteiger charge is 2.26. The summed E-state index contributed by atoms with van der Waals surface area (Å²) in [5.74, 6) is -0.554. The van der Waals surface area contributed by atoms with Gasteiger partial charge < -0.3 is 20.5 Å². The molecule has 24 heavy (non-hydrogen) atoms. The number of nitrogens with one attached hydrogen (secondary N) is 1. The molecule has 0 bridgehead atoms. The molecule has 1 aliphatic heterocycles. The Labute approximate surface area is 145 Å². The van der Waals surface area contributed by atoms with E-state index in [1.165, 1.54) is 11.1 Å². The van der Waals surface area contributed by atoms with Crippen LogP contribution in [0.4, 0.5) is 9.93 Å². The SMILES string of the molecule is CC(C)OCCNC(=O)N(CC1CCCO1)c1ncc(C(N)=O)s1. The molecule has 1 unspecified atom stereocenters. The molecule has 0 spiro atoms. The van der Waals surface area contributed by atoms with Crippen LogP contribution in [0.5, 0.6) is 0 Å². The van der Waals surface area contributed by atoms with Crippen LogP contribution in [0.1, 0.15) is 36.4 Å². The minimum atomic E-state index is -0.554. The zero-order valence-electron chi connectivity index (χ0n) is 14.0. The van der Waals surface area contributed by atoms with E-state index >= 15 is 0 Å². The fourth-order valence-electron chi connectivity index (χ4n) is 2.29. The number of nitrogens with two attached hydrogens (primary N) is 1. The molecular formula is C15H24N4O4S. The fourth-order valence-corrected chi connectivity index (χ4v) is 3.07. The van der Waals surface area contributed by atoms with Gasteiger partial charge in [-0.25, -0.2) is 9.78 Å². The van der Waals surface area contributed by atoms with Crippen molar-refractivity contribution in [2.75, 3.05) is 31.2 Å². The maximum atomic E-state index is 12.5. The van der Waals surface area contributed by atoms with E-state index in [0.29, 0.717) is 36.3 Å². The second kappa shape index (κ2) is 8.95. The van der Waals surface area contributed by atoms with E-state index in [0.717, 1.165) is 24.2 Å². The number of rotatable bonds is 8. The van der Waals surface area contributed by atoms with Gasteiger partial charge in [0.1, 0.15) is 4.88 Å². The highest BCUT2D eigenvalue weighted by Crippen LogP contribution is 2.24. The first-order chi connectivity index (χ1) is 11.5. The van der Waals surface area contributed by atoms with Crippen molar-refractivity contribution < 1.29 is 19.1 Å². The van der Waals surface area contributed by atoms with E-state index in [9.17, 15) is 9.59 Å². The predicted molar refractivity (Wildman–Crippen MR) is 91.4 cm³/mol. The van der Waals surface area contributed by atoms with E-state index in [2.05, 4.69) is 10.3 Å². The molecule has 1 aromatic rings. The molecule has 1 fully saturated rings. The molecule has 8 nitrogen and oxygen atoms in total. The zero-order chi connectivity index (χ0) is 17.5. The Kier molecular flexibility index (Phi) is 6.95. The topological polar surface area (TPSA) is 107 Å². The number of thiazole rings is 1. The third-order valence-electron chi connectivity index (χ3n) is 3.45. The summed E-state index contributed by atoms with van der Waals surface area (Å²) in [4.78, 5) is 29.7. The van der Waals surface area contributed by atoms with Gasteiger partial charge in [0.15, 0.2) is 5.13 Å². The van der Waals surface area contributed by atoms with Crippen molar-refractivity contribution in [1.82, 2.24) is 10.3 Å². The first kappa shape index (κ1) is 18.6. The van der Waals surface area contributed by atoms with Gasteiger partial charge in [0.05, 0.1) is 31.6 Å². The van der Waals surface area contributed by atoms with Crippen LogP contribution >= 0.6 is 11.3 Å². The summed E-state index contributed by atoms with van der Waals surface area (Å²) in [5, 5.41) is 3.24. The summed E-state index contributed by atoms with van der Waals surface area (Å²) in [6, 6.07) is -0.289. The van der Waals surface area contributed by atoms with Crippen LogP contribution in [-0.2, 0) is 9.47 Å². The van der Waals surface area contributed by atoms with E-state index < -0.39 is 5.91 Å². The molecule has 2 heterocycles. The zero-order valence-corrected chi connectivity index (χ0v) is 14.8. The van der Waals surface area contributed by atoms with Crippen molar-refractivity contribution in [2.45, 2.75) is 38.9 Å². The summed E-state index contributed by atoms with van der Waals surface area (Å²) < 4.78 is 11.0. The number of urea groups is 1. The van der Waals surface area contributed by atoms with Gasteiger partial charge in [-0.1, -0.05) is 11.3 Å². The first-order valence-corrected chi connectivity index (χ1v) is 8.83. The lowest BCUT2D eigenvalue weighted by molar-refractivity contribution is 0.0817. The standard InChI is InChI=1S/C15H24N4O4S/c1-10(2)22-7-5-17-14(21)19(9-11-4-3-6-23-11)15-18-8-12(24-15)13(16)20/h8,10-11H,3-7,9H2,1-2H3,(H2,16,20)(H,17,21). The highest BCUT2D eigenvalue weighted by molar-refractivity contribution is 7.17.